The highest BCUT2D eigenvalue weighted by Gasteiger charge is 2.26. The lowest BCUT2D eigenvalue weighted by Gasteiger charge is -2.14. The van der Waals surface area contributed by atoms with Crippen LogP contribution in [0, 0.1) is 10.1 Å². The van der Waals surface area contributed by atoms with Crippen LogP contribution in [-0.4, -0.2) is 33.5 Å². The molecule has 0 aromatic heterocycles. The molecule has 0 saturated heterocycles. The van der Waals surface area contributed by atoms with Crippen LogP contribution in [-0.2, 0) is 0 Å². The predicted octanol–water partition coefficient (Wildman–Crippen LogP) is 2.99. The molecule has 0 heterocycles. The van der Waals surface area contributed by atoms with Crippen molar-refractivity contribution in [3.63, 3.8) is 0 Å². The second-order valence-corrected chi connectivity index (χ2v) is 5.94. The van der Waals surface area contributed by atoms with Gasteiger partial charge < -0.3 is 10.4 Å². The van der Waals surface area contributed by atoms with Gasteiger partial charge in [0.1, 0.15) is 5.69 Å². The molecular formula is C13H16N2O4S. The molecule has 1 aromatic carbocycles. The number of anilines is 1. The quantitative estimate of drug-likeness (QED) is 0.641. The summed E-state index contributed by atoms with van der Waals surface area (Å²) in [5.74, 6) is -1.16. The van der Waals surface area contributed by atoms with E-state index in [0.717, 1.165) is 25.3 Å². The number of nitro groups is 1. The summed E-state index contributed by atoms with van der Waals surface area (Å²) in [5.41, 5.74) is 0.139. The molecule has 1 aliphatic rings. The summed E-state index contributed by atoms with van der Waals surface area (Å²) in [5, 5.41) is 23.7. The van der Waals surface area contributed by atoms with Gasteiger partial charge in [-0.25, -0.2) is 4.79 Å². The molecular weight excluding hydrogens is 280 g/mol. The van der Waals surface area contributed by atoms with E-state index in [0.29, 0.717) is 10.9 Å². The van der Waals surface area contributed by atoms with E-state index in [9.17, 15) is 14.9 Å². The average molecular weight is 296 g/mol. The van der Waals surface area contributed by atoms with Gasteiger partial charge in [-0.3, -0.25) is 10.1 Å². The number of benzene rings is 1. The third kappa shape index (κ3) is 3.22. The molecule has 7 heteroatoms. The Hall–Kier alpha value is -1.76. The molecule has 1 saturated carbocycles. The first-order valence-corrected chi connectivity index (χ1v) is 7.61. The smallest absolute Gasteiger partial charge is 0.335 e. The van der Waals surface area contributed by atoms with E-state index in [4.69, 9.17) is 5.11 Å². The standard InChI is InChI=1S/C13H16N2O4S/c1-20-10-4-3-9(7-10)14-11-5-2-8(13(16)17)6-12(11)15(18)19/h2,5-6,9-10,14H,3-4,7H2,1H3,(H,16,17). The molecule has 0 aliphatic heterocycles. The Balaban J connectivity index is 2.19. The van der Waals surface area contributed by atoms with Crippen LogP contribution in [0.5, 0.6) is 0 Å². The Bertz CT molecular complexity index is 535. The van der Waals surface area contributed by atoms with Crippen LogP contribution in [0.4, 0.5) is 11.4 Å². The number of hydrogen-bond donors (Lipinski definition) is 2. The Morgan fingerprint density at radius 3 is 2.80 bits per heavy atom. The maximum absolute atomic E-state index is 11.1. The first-order chi connectivity index (χ1) is 9.51. The number of carboxylic acid groups (broad SMARTS) is 1. The monoisotopic (exact) mass is 296 g/mol. The van der Waals surface area contributed by atoms with Crippen molar-refractivity contribution in [3.05, 3.63) is 33.9 Å². The van der Waals surface area contributed by atoms with Crippen LogP contribution in [0.2, 0.25) is 0 Å². The minimum atomic E-state index is -1.16. The van der Waals surface area contributed by atoms with Crippen molar-refractivity contribution in [2.24, 2.45) is 0 Å². The number of nitrogens with one attached hydrogen (secondary N) is 1. The highest BCUT2D eigenvalue weighted by molar-refractivity contribution is 7.99. The van der Waals surface area contributed by atoms with Crippen molar-refractivity contribution in [2.75, 3.05) is 11.6 Å². The van der Waals surface area contributed by atoms with Crippen LogP contribution in [0.1, 0.15) is 29.6 Å². The molecule has 0 amide bonds. The van der Waals surface area contributed by atoms with E-state index in [-0.39, 0.29) is 17.3 Å². The van der Waals surface area contributed by atoms with Gasteiger partial charge in [-0.15, -0.1) is 0 Å². The van der Waals surface area contributed by atoms with Crippen LogP contribution >= 0.6 is 11.8 Å². The molecule has 2 rings (SSSR count). The first kappa shape index (κ1) is 14.6. The molecule has 0 radical (unpaired) electrons. The molecule has 1 fully saturated rings. The Morgan fingerprint density at radius 1 is 1.50 bits per heavy atom. The molecule has 2 unspecified atom stereocenters. The zero-order valence-electron chi connectivity index (χ0n) is 11.0. The number of thioether (sulfide) groups is 1. The van der Waals surface area contributed by atoms with Crippen molar-refractivity contribution >= 4 is 29.1 Å². The molecule has 2 atom stereocenters. The maximum atomic E-state index is 11.1. The minimum absolute atomic E-state index is 0.0735. The van der Waals surface area contributed by atoms with Crippen molar-refractivity contribution in [3.8, 4) is 0 Å². The Kier molecular flexibility index (Phi) is 4.49. The first-order valence-electron chi connectivity index (χ1n) is 6.32. The zero-order chi connectivity index (χ0) is 14.7. The highest BCUT2D eigenvalue weighted by Crippen LogP contribution is 2.33. The van der Waals surface area contributed by atoms with Gasteiger partial charge in [0.15, 0.2) is 0 Å². The van der Waals surface area contributed by atoms with Crippen LogP contribution in [0.3, 0.4) is 0 Å². The number of carbonyl (C=O) groups is 1. The number of nitrogens with zero attached hydrogens (tertiary/aromatic N) is 1. The van der Waals surface area contributed by atoms with Crippen LogP contribution in [0.15, 0.2) is 18.2 Å². The summed E-state index contributed by atoms with van der Waals surface area (Å²) in [6.45, 7) is 0. The maximum Gasteiger partial charge on any atom is 0.335 e. The number of nitro benzene ring substituents is 1. The summed E-state index contributed by atoms with van der Waals surface area (Å²) in [6, 6.07) is 4.18. The SMILES string of the molecule is CSC1CCC(Nc2ccc(C(=O)O)cc2[N+](=O)[O-])C1. The minimum Gasteiger partial charge on any atom is -0.478 e. The third-order valence-corrected chi connectivity index (χ3v) is 4.61. The van der Waals surface area contributed by atoms with Gasteiger partial charge in [0, 0.05) is 17.4 Å². The van der Waals surface area contributed by atoms with E-state index < -0.39 is 10.9 Å². The summed E-state index contributed by atoms with van der Waals surface area (Å²) < 4.78 is 0. The van der Waals surface area contributed by atoms with Gasteiger partial charge in [0.2, 0.25) is 0 Å². The van der Waals surface area contributed by atoms with Crippen molar-refractivity contribution in [1.29, 1.82) is 0 Å². The van der Waals surface area contributed by atoms with E-state index in [2.05, 4.69) is 11.6 Å². The molecule has 20 heavy (non-hydrogen) atoms. The van der Waals surface area contributed by atoms with Crippen molar-refractivity contribution in [2.45, 2.75) is 30.6 Å². The second-order valence-electron chi connectivity index (χ2n) is 4.81. The fraction of sp³-hybridized carbons (Fsp3) is 0.462. The topological polar surface area (TPSA) is 92.5 Å². The highest BCUT2D eigenvalue weighted by atomic mass is 32.2. The summed E-state index contributed by atoms with van der Waals surface area (Å²) >= 11 is 1.81. The summed E-state index contributed by atoms with van der Waals surface area (Å²) in [6.07, 6.45) is 5.11. The molecule has 1 aliphatic carbocycles. The zero-order valence-corrected chi connectivity index (χ0v) is 11.9. The van der Waals surface area contributed by atoms with Gasteiger partial charge in [-0.05, 0) is 37.7 Å². The molecule has 2 N–H and O–H groups in total. The molecule has 1 aromatic rings. The third-order valence-electron chi connectivity index (χ3n) is 3.52. The number of rotatable bonds is 5. The molecule has 0 bridgehead atoms. The summed E-state index contributed by atoms with van der Waals surface area (Å²) in [4.78, 5) is 21.4. The average Bonchev–Trinajstić information content (AvgIpc) is 2.86. The predicted molar refractivity (Wildman–Crippen MR) is 78.6 cm³/mol. The van der Waals surface area contributed by atoms with Gasteiger partial charge in [0.25, 0.3) is 5.69 Å². The normalized spacial score (nSPS) is 21.6. The largest absolute Gasteiger partial charge is 0.478 e. The van der Waals surface area contributed by atoms with E-state index in [1.54, 1.807) is 0 Å². The van der Waals surface area contributed by atoms with E-state index in [1.165, 1.54) is 12.1 Å². The van der Waals surface area contributed by atoms with E-state index >= 15 is 0 Å². The fourth-order valence-corrected chi connectivity index (χ4v) is 3.24. The second kappa shape index (κ2) is 6.13. The lowest BCUT2D eigenvalue weighted by Crippen LogP contribution is -2.17. The van der Waals surface area contributed by atoms with Crippen LogP contribution in [0.25, 0.3) is 0 Å². The molecule has 108 valence electrons. The number of hydrogen-bond acceptors (Lipinski definition) is 5. The lowest BCUT2D eigenvalue weighted by atomic mass is 10.1. The summed E-state index contributed by atoms with van der Waals surface area (Å²) in [7, 11) is 0. The number of carboxylic acids is 1. The van der Waals surface area contributed by atoms with Gasteiger partial charge in [-0.2, -0.15) is 11.8 Å². The lowest BCUT2D eigenvalue weighted by molar-refractivity contribution is -0.384. The molecule has 6 nitrogen and oxygen atoms in total. The van der Waals surface area contributed by atoms with Crippen LogP contribution < -0.4 is 5.32 Å². The van der Waals surface area contributed by atoms with Crippen molar-refractivity contribution in [1.82, 2.24) is 0 Å². The van der Waals surface area contributed by atoms with Crippen molar-refractivity contribution < 1.29 is 14.8 Å². The van der Waals surface area contributed by atoms with Gasteiger partial charge in [-0.1, -0.05) is 0 Å². The fourth-order valence-electron chi connectivity index (χ4n) is 2.44. The van der Waals surface area contributed by atoms with Gasteiger partial charge in [0.05, 0.1) is 10.5 Å². The van der Waals surface area contributed by atoms with E-state index in [1.807, 2.05) is 11.8 Å². The Morgan fingerprint density at radius 2 is 2.25 bits per heavy atom. The Labute approximate surface area is 120 Å². The van der Waals surface area contributed by atoms with Gasteiger partial charge >= 0.3 is 5.97 Å². The number of aromatic carboxylic acids is 1. The molecule has 0 spiro atoms.